The predicted molar refractivity (Wildman–Crippen MR) is 54.0 cm³/mol. The first-order valence-electron chi connectivity index (χ1n) is 4.37. The van der Waals surface area contributed by atoms with E-state index in [0.29, 0.717) is 0 Å². The van der Waals surface area contributed by atoms with E-state index in [4.69, 9.17) is 4.74 Å². The maximum Gasteiger partial charge on any atom is 0.0873 e. The van der Waals surface area contributed by atoms with Crippen LogP contribution in [0.1, 0.15) is 26.7 Å². The molecule has 1 nitrogen and oxygen atoms in total. The largest absolute Gasteiger partial charge is 0.501 e. The van der Waals surface area contributed by atoms with Crippen LogP contribution >= 0.6 is 0 Å². The van der Waals surface area contributed by atoms with Gasteiger partial charge >= 0.3 is 0 Å². The summed E-state index contributed by atoms with van der Waals surface area (Å²) in [7, 11) is 0. The van der Waals surface area contributed by atoms with Gasteiger partial charge in [-0.1, -0.05) is 37.6 Å². The zero-order valence-corrected chi connectivity index (χ0v) is 8.05. The van der Waals surface area contributed by atoms with Gasteiger partial charge in [-0.3, -0.25) is 0 Å². The molecule has 0 heterocycles. The molecule has 68 valence electrons. The van der Waals surface area contributed by atoms with Crippen LogP contribution in [0.5, 0.6) is 0 Å². The lowest BCUT2D eigenvalue weighted by Gasteiger charge is -1.95. The van der Waals surface area contributed by atoms with E-state index in [2.05, 4.69) is 13.5 Å². The first-order valence-corrected chi connectivity index (χ1v) is 4.37. The summed E-state index contributed by atoms with van der Waals surface area (Å²) in [6.07, 6.45) is 9.76. The lowest BCUT2D eigenvalue weighted by atomic mass is 10.3. The number of allylic oxidation sites excluding steroid dienone is 4. The average molecular weight is 166 g/mol. The molecule has 0 rings (SSSR count). The van der Waals surface area contributed by atoms with Gasteiger partial charge in [0.25, 0.3) is 0 Å². The molecule has 1 heteroatoms. The van der Waals surface area contributed by atoms with Crippen LogP contribution in [0.4, 0.5) is 0 Å². The van der Waals surface area contributed by atoms with Crippen molar-refractivity contribution in [2.75, 3.05) is 6.61 Å². The molecule has 0 aromatic heterocycles. The Morgan fingerprint density at radius 1 is 1.42 bits per heavy atom. The molecule has 0 aliphatic heterocycles. The monoisotopic (exact) mass is 166 g/mol. The Kier molecular flexibility index (Phi) is 7.46. The second-order valence-corrected chi connectivity index (χ2v) is 2.76. The average Bonchev–Trinajstić information content (AvgIpc) is 2.02. The maximum absolute atomic E-state index is 5.19. The van der Waals surface area contributed by atoms with Gasteiger partial charge in [0, 0.05) is 0 Å². The molecule has 0 N–H and O–H groups in total. The molecule has 0 aliphatic carbocycles. The van der Waals surface area contributed by atoms with Crippen LogP contribution in [0.15, 0.2) is 36.6 Å². The highest BCUT2D eigenvalue weighted by molar-refractivity contribution is 5.15. The van der Waals surface area contributed by atoms with E-state index in [1.165, 1.54) is 6.42 Å². The Morgan fingerprint density at radius 2 is 2.17 bits per heavy atom. The summed E-state index contributed by atoms with van der Waals surface area (Å²) in [5.41, 5.74) is 1.05. The summed E-state index contributed by atoms with van der Waals surface area (Å²) in [4.78, 5) is 0. The van der Waals surface area contributed by atoms with Crippen molar-refractivity contribution in [2.24, 2.45) is 0 Å². The van der Waals surface area contributed by atoms with Crippen LogP contribution in [0.2, 0.25) is 0 Å². The van der Waals surface area contributed by atoms with Crippen molar-refractivity contribution in [2.45, 2.75) is 26.7 Å². The minimum atomic E-state index is 0.813. The molecule has 0 spiro atoms. The first kappa shape index (κ1) is 11.0. The van der Waals surface area contributed by atoms with Crippen LogP contribution in [0.3, 0.4) is 0 Å². The lowest BCUT2D eigenvalue weighted by Crippen LogP contribution is -1.84. The molecule has 0 atom stereocenters. The van der Waals surface area contributed by atoms with E-state index in [1.54, 1.807) is 6.26 Å². The van der Waals surface area contributed by atoms with Gasteiger partial charge in [-0.25, -0.2) is 0 Å². The Labute approximate surface area is 75.4 Å². The number of unbranched alkanes of at least 4 members (excludes halogenated alkanes) is 1. The number of hydrogen-bond acceptors (Lipinski definition) is 1. The van der Waals surface area contributed by atoms with Crippen molar-refractivity contribution in [3.05, 3.63) is 36.6 Å². The fourth-order valence-electron chi connectivity index (χ4n) is 0.616. The highest BCUT2D eigenvalue weighted by atomic mass is 16.5. The third-order valence-electron chi connectivity index (χ3n) is 1.28. The SMILES string of the molecule is C=C(C)/C=C/C=C/OCCCC. The normalized spacial score (nSPS) is 11.2. The second kappa shape index (κ2) is 8.12. The molecule has 0 saturated carbocycles. The molecule has 0 aromatic carbocycles. The summed E-state index contributed by atoms with van der Waals surface area (Å²) in [5.74, 6) is 0. The molecule has 12 heavy (non-hydrogen) atoms. The van der Waals surface area contributed by atoms with Crippen molar-refractivity contribution in [3.8, 4) is 0 Å². The second-order valence-electron chi connectivity index (χ2n) is 2.76. The van der Waals surface area contributed by atoms with Crippen LogP contribution in [0, 0.1) is 0 Å². The minimum absolute atomic E-state index is 0.813. The van der Waals surface area contributed by atoms with Crippen LogP contribution < -0.4 is 0 Å². The molecule has 0 fully saturated rings. The molecule has 0 bridgehead atoms. The first-order chi connectivity index (χ1) is 5.77. The number of rotatable bonds is 6. The van der Waals surface area contributed by atoms with Crippen molar-refractivity contribution >= 4 is 0 Å². The lowest BCUT2D eigenvalue weighted by molar-refractivity contribution is 0.244. The van der Waals surface area contributed by atoms with E-state index in [-0.39, 0.29) is 0 Å². The zero-order chi connectivity index (χ0) is 9.23. The molecular formula is C11H18O. The highest BCUT2D eigenvalue weighted by Gasteiger charge is 1.78. The van der Waals surface area contributed by atoms with E-state index in [9.17, 15) is 0 Å². The smallest absolute Gasteiger partial charge is 0.0873 e. The molecular weight excluding hydrogens is 148 g/mol. The minimum Gasteiger partial charge on any atom is -0.501 e. The van der Waals surface area contributed by atoms with Gasteiger partial charge in [-0.15, -0.1) is 0 Å². The van der Waals surface area contributed by atoms with Gasteiger partial charge in [-0.2, -0.15) is 0 Å². The van der Waals surface area contributed by atoms with Crippen molar-refractivity contribution < 1.29 is 4.74 Å². The van der Waals surface area contributed by atoms with E-state index < -0.39 is 0 Å². The topological polar surface area (TPSA) is 9.23 Å². The Balaban J connectivity index is 3.31. The summed E-state index contributed by atoms with van der Waals surface area (Å²) in [6, 6.07) is 0. The Morgan fingerprint density at radius 3 is 2.75 bits per heavy atom. The van der Waals surface area contributed by atoms with Gasteiger partial charge in [0.15, 0.2) is 0 Å². The van der Waals surface area contributed by atoms with Gasteiger partial charge in [-0.05, 0) is 19.4 Å². The summed E-state index contributed by atoms with van der Waals surface area (Å²) in [6.45, 7) is 8.66. The van der Waals surface area contributed by atoms with Gasteiger partial charge in [0.2, 0.25) is 0 Å². The van der Waals surface area contributed by atoms with Gasteiger partial charge in [0.05, 0.1) is 12.9 Å². The van der Waals surface area contributed by atoms with Crippen molar-refractivity contribution in [3.63, 3.8) is 0 Å². The van der Waals surface area contributed by atoms with Crippen molar-refractivity contribution in [1.82, 2.24) is 0 Å². The molecule has 0 unspecified atom stereocenters. The molecule has 0 aromatic rings. The van der Waals surface area contributed by atoms with E-state index in [0.717, 1.165) is 18.6 Å². The fraction of sp³-hybridized carbons (Fsp3) is 0.455. The fourth-order valence-corrected chi connectivity index (χ4v) is 0.616. The Hall–Kier alpha value is -0.980. The zero-order valence-electron chi connectivity index (χ0n) is 8.05. The summed E-state index contributed by atoms with van der Waals surface area (Å²) < 4.78 is 5.19. The number of hydrogen-bond donors (Lipinski definition) is 0. The maximum atomic E-state index is 5.19. The molecule has 0 amide bonds. The highest BCUT2D eigenvalue weighted by Crippen LogP contribution is 1.91. The molecule has 0 radical (unpaired) electrons. The Bertz CT molecular complexity index is 166. The van der Waals surface area contributed by atoms with Gasteiger partial charge < -0.3 is 4.74 Å². The summed E-state index contributed by atoms with van der Waals surface area (Å²) in [5, 5.41) is 0. The third kappa shape index (κ3) is 9.02. The quantitative estimate of drug-likeness (QED) is 0.333. The number of ether oxygens (including phenoxy) is 1. The van der Waals surface area contributed by atoms with Crippen LogP contribution in [0.25, 0.3) is 0 Å². The van der Waals surface area contributed by atoms with Crippen LogP contribution in [-0.2, 0) is 4.74 Å². The summed E-state index contributed by atoms with van der Waals surface area (Å²) >= 11 is 0. The van der Waals surface area contributed by atoms with E-state index in [1.807, 2.05) is 25.2 Å². The van der Waals surface area contributed by atoms with E-state index >= 15 is 0 Å². The molecule has 0 saturated heterocycles. The van der Waals surface area contributed by atoms with Gasteiger partial charge in [0.1, 0.15) is 0 Å². The predicted octanol–water partition coefficient (Wildman–Crippen LogP) is 3.45. The standard InChI is InChI=1S/C11H18O/c1-4-5-9-12-10-7-6-8-11(2)3/h6-8,10H,2,4-5,9H2,1,3H3/b8-6+,10-7+. The van der Waals surface area contributed by atoms with Crippen LogP contribution in [-0.4, -0.2) is 6.61 Å². The third-order valence-corrected chi connectivity index (χ3v) is 1.28. The molecule has 0 aliphatic rings. The van der Waals surface area contributed by atoms with Crippen molar-refractivity contribution in [1.29, 1.82) is 0 Å².